The van der Waals surface area contributed by atoms with Crippen molar-refractivity contribution in [3.8, 4) is 0 Å². The molecule has 2 saturated heterocycles. The van der Waals surface area contributed by atoms with Crippen molar-refractivity contribution in [1.82, 2.24) is 15.1 Å². The number of fused-ring (bicyclic) bond motifs is 1. The van der Waals surface area contributed by atoms with E-state index in [1.807, 2.05) is 36.1 Å². The predicted octanol–water partition coefficient (Wildman–Crippen LogP) is 3.56. The molecule has 0 aliphatic carbocycles. The maximum atomic E-state index is 13.8. The average molecular weight is 558 g/mol. The number of benzene rings is 1. The van der Waals surface area contributed by atoms with Crippen LogP contribution in [0.3, 0.4) is 0 Å². The molecule has 0 saturated carbocycles. The number of anilines is 1. The van der Waals surface area contributed by atoms with Gasteiger partial charge in [0.05, 0.1) is 17.6 Å². The van der Waals surface area contributed by atoms with Crippen LogP contribution in [-0.2, 0) is 14.3 Å². The molecule has 2 fully saturated rings. The third kappa shape index (κ3) is 6.52. The number of primary amides is 1. The fourth-order valence-corrected chi connectivity index (χ4v) is 6.89. The standard InChI is InChI=1S/C28H39N5O5S/c1-3-13-30-27(37)31-24-23(20-8-5-6-9-21(20)39-24)25(35)32-15-10-19(11-16-32)33-14-7-12-28(18-33,17-22(29)34)26(36)38-4-2/h5-6,8-9,19H,3-4,7,10-18H2,1-2H3,(H2,29,34)(H2,30,31,37). The third-order valence-corrected chi connectivity index (χ3v) is 8.75. The van der Waals surface area contributed by atoms with E-state index >= 15 is 0 Å². The molecule has 11 heteroatoms. The lowest BCUT2D eigenvalue weighted by Crippen LogP contribution is -2.55. The van der Waals surface area contributed by atoms with Crippen molar-refractivity contribution in [2.75, 3.05) is 44.6 Å². The molecule has 1 unspecified atom stereocenters. The van der Waals surface area contributed by atoms with E-state index in [4.69, 9.17) is 10.5 Å². The lowest BCUT2D eigenvalue weighted by Gasteiger charge is -2.46. The summed E-state index contributed by atoms with van der Waals surface area (Å²) in [4.78, 5) is 55.1. The van der Waals surface area contributed by atoms with Gasteiger partial charge in [-0.25, -0.2) is 4.79 Å². The van der Waals surface area contributed by atoms with Gasteiger partial charge in [-0.2, -0.15) is 0 Å². The van der Waals surface area contributed by atoms with E-state index in [1.54, 1.807) is 6.92 Å². The molecule has 2 aliphatic rings. The molecule has 0 bridgehead atoms. The summed E-state index contributed by atoms with van der Waals surface area (Å²) in [5, 5.41) is 7.09. The molecule has 10 nitrogen and oxygen atoms in total. The van der Waals surface area contributed by atoms with Crippen molar-refractivity contribution in [3.63, 3.8) is 0 Å². The van der Waals surface area contributed by atoms with Crippen LogP contribution in [0.25, 0.3) is 10.1 Å². The van der Waals surface area contributed by atoms with E-state index in [0.29, 0.717) is 43.2 Å². The summed E-state index contributed by atoms with van der Waals surface area (Å²) in [6.45, 7) is 6.95. The first kappa shape index (κ1) is 28.8. The van der Waals surface area contributed by atoms with Gasteiger partial charge in [0, 0.05) is 48.7 Å². The van der Waals surface area contributed by atoms with Gasteiger partial charge in [-0.05, 0) is 51.6 Å². The largest absolute Gasteiger partial charge is 0.466 e. The summed E-state index contributed by atoms with van der Waals surface area (Å²) in [7, 11) is 0. The molecular weight excluding hydrogens is 518 g/mol. The monoisotopic (exact) mass is 557 g/mol. The number of nitrogens with two attached hydrogens (primary N) is 1. The number of nitrogens with zero attached hydrogens (tertiary/aromatic N) is 2. The molecule has 0 radical (unpaired) electrons. The third-order valence-electron chi connectivity index (χ3n) is 7.67. The molecule has 212 valence electrons. The molecule has 1 aromatic heterocycles. The minimum Gasteiger partial charge on any atom is -0.466 e. The van der Waals surface area contributed by atoms with E-state index in [2.05, 4.69) is 15.5 Å². The number of carbonyl (C=O) groups excluding carboxylic acids is 4. The summed E-state index contributed by atoms with van der Waals surface area (Å²) in [5.74, 6) is -0.945. The Morgan fingerprint density at radius 3 is 2.56 bits per heavy atom. The van der Waals surface area contributed by atoms with Gasteiger partial charge in [0.2, 0.25) is 5.91 Å². The van der Waals surface area contributed by atoms with Gasteiger partial charge in [0.25, 0.3) is 5.91 Å². The number of likely N-dealkylation sites (tertiary alicyclic amines) is 2. The zero-order valence-electron chi connectivity index (χ0n) is 22.8. The van der Waals surface area contributed by atoms with E-state index in [0.717, 1.165) is 42.3 Å². The van der Waals surface area contributed by atoms with Crippen LogP contribution in [-0.4, -0.2) is 79.0 Å². The van der Waals surface area contributed by atoms with Crippen LogP contribution < -0.4 is 16.4 Å². The second kappa shape index (κ2) is 12.8. The predicted molar refractivity (Wildman–Crippen MR) is 152 cm³/mol. The highest BCUT2D eigenvalue weighted by Crippen LogP contribution is 2.39. The molecule has 39 heavy (non-hydrogen) atoms. The number of piperidine rings is 2. The summed E-state index contributed by atoms with van der Waals surface area (Å²) in [6.07, 6.45) is 3.66. The Morgan fingerprint density at radius 1 is 1.13 bits per heavy atom. The fourth-order valence-electron chi connectivity index (χ4n) is 5.80. The zero-order valence-corrected chi connectivity index (χ0v) is 23.6. The Balaban J connectivity index is 1.46. The van der Waals surface area contributed by atoms with Gasteiger partial charge in [-0.15, -0.1) is 11.3 Å². The number of thiophene rings is 1. The molecule has 4 amide bonds. The van der Waals surface area contributed by atoms with Crippen molar-refractivity contribution >= 4 is 50.2 Å². The van der Waals surface area contributed by atoms with Crippen LogP contribution in [0.4, 0.5) is 9.80 Å². The zero-order chi connectivity index (χ0) is 28.0. The summed E-state index contributed by atoms with van der Waals surface area (Å²) in [5.41, 5.74) is 5.15. The van der Waals surface area contributed by atoms with Crippen LogP contribution in [0, 0.1) is 5.41 Å². The number of rotatable bonds is 9. The second-order valence-corrected chi connectivity index (χ2v) is 11.5. The number of nitrogens with one attached hydrogen (secondary N) is 2. The molecule has 3 heterocycles. The summed E-state index contributed by atoms with van der Waals surface area (Å²) in [6, 6.07) is 7.57. The summed E-state index contributed by atoms with van der Waals surface area (Å²) >= 11 is 1.40. The first-order valence-electron chi connectivity index (χ1n) is 13.8. The highest BCUT2D eigenvalue weighted by atomic mass is 32.1. The van der Waals surface area contributed by atoms with Crippen LogP contribution in [0.15, 0.2) is 24.3 Å². The smallest absolute Gasteiger partial charge is 0.319 e. The van der Waals surface area contributed by atoms with Crippen LogP contribution >= 0.6 is 11.3 Å². The van der Waals surface area contributed by atoms with Crippen molar-refractivity contribution in [2.24, 2.45) is 11.1 Å². The number of hydrogen-bond acceptors (Lipinski definition) is 7. The lowest BCUT2D eigenvalue weighted by atomic mass is 9.76. The Kier molecular flexibility index (Phi) is 9.45. The van der Waals surface area contributed by atoms with E-state index < -0.39 is 11.3 Å². The van der Waals surface area contributed by atoms with Crippen molar-refractivity contribution in [3.05, 3.63) is 29.8 Å². The number of esters is 1. The van der Waals surface area contributed by atoms with Gasteiger partial charge < -0.3 is 20.7 Å². The number of carbonyl (C=O) groups is 4. The molecule has 1 aromatic carbocycles. The van der Waals surface area contributed by atoms with Crippen molar-refractivity contribution in [2.45, 2.75) is 58.4 Å². The van der Waals surface area contributed by atoms with Gasteiger partial charge in [0.1, 0.15) is 5.00 Å². The highest BCUT2D eigenvalue weighted by molar-refractivity contribution is 7.23. The molecule has 4 rings (SSSR count). The van der Waals surface area contributed by atoms with Crippen molar-refractivity contribution in [1.29, 1.82) is 0 Å². The van der Waals surface area contributed by atoms with Gasteiger partial charge in [0.15, 0.2) is 0 Å². The molecule has 4 N–H and O–H groups in total. The van der Waals surface area contributed by atoms with Crippen LogP contribution in [0.1, 0.15) is 62.7 Å². The number of amides is 4. The number of urea groups is 1. The molecule has 2 aromatic rings. The second-order valence-electron chi connectivity index (χ2n) is 10.4. The minimum atomic E-state index is -0.915. The highest BCUT2D eigenvalue weighted by Gasteiger charge is 2.46. The number of ether oxygens (including phenoxy) is 1. The maximum absolute atomic E-state index is 13.8. The number of hydrogen-bond donors (Lipinski definition) is 3. The van der Waals surface area contributed by atoms with Crippen molar-refractivity contribution < 1.29 is 23.9 Å². The summed E-state index contributed by atoms with van der Waals surface area (Å²) < 4.78 is 6.29. The molecule has 0 spiro atoms. The maximum Gasteiger partial charge on any atom is 0.319 e. The van der Waals surface area contributed by atoms with Crippen LogP contribution in [0.5, 0.6) is 0 Å². The van der Waals surface area contributed by atoms with Crippen LogP contribution in [0.2, 0.25) is 0 Å². The Hall–Kier alpha value is -3.18. The quantitative estimate of drug-likeness (QED) is 0.404. The van der Waals surface area contributed by atoms with E-state index in [1.165, 1.54) is 11.3 Å². The normalized spacial score (nSPS) is 20.5. The molecular formula is C28H39N5O5S. The lowest BCUT2D eigenvalue weighted by molar-refractivity contribution is -0.162. The van der Waals surface area contributed by atoms with Gasteiger partial charge in [-0.1, -0.05) is 25.1 Å². The van der Waals surface area contributed by atoms with Gasteiger partial charge in [-0.3, -0.25) is 24.6 Å². The first-order valence-corrected chi connectivity index (χ1v) is 14.6. The Bertz CT molecular complexity index is 1210. The Labute approximate surface area is 233 Å². The average Bonchev–Trinajstić information content (AvgIpc) is 3.29. The minimum absolute atomic E-state index is 0.0213. The van der Waals surface area contributed by atoms with Gasteiger partial charge >= 0.3 is 12.0 Å². The fraction of sp³-hybridized carbons (Fsp3) is 0.571. The van der Waals surface area contributed by atoms with E-state index in [-0.39, 0.29) is 37.0 Å². The van der Waals surface area contributed by atoms with E-state index in [9.17, 15) is 19.2 Å². The SMILES string of the molecule is CCCNC(=O)Nc1sc2ccccc2c1C(=O)N1CCC(N2CCCC(CC(N)=O)(C(=O)OCC)C2)CC1. The molecule has 1 atom stereocenters. The first-order chi connectivity index (χ1) is 18.8. The molecule has 2 aliphatic heterocycles. The topological polar surface area (TPSA) is 134 Å². The Morgan fingerprint density at radius 2 is 1.87 bits per heavy atom.